The van der Waals surface area contributed by atoms with Crippen LogP contribution in [0.3, 0.4) is 0 Å². The Morgan fingerprint density at radius 3 is 2.88 bits per heavy atom. The van der Waals surface area contributed by atoms with Crippen molar-refractivity contribution < 1.29 is 0 Å². The molecule has 0 saturated heterocycles. The van der Waals surface area contributed by atoms with E-state index in [9.17, 15) is 0 Å². The zero-order chi connectivity index (χ0) is 11.4. The lowest BCUT2D eigenvalue weighted by molar-refractivity contribution is 0.636. The molecule has 0 aliphatic heterocycles. The first-order chi connectivity index (χ1) is 7.75. The Kier molecular flexibility index (Phi) is 3.14. The van der Waals surface area contributed by atoms with E-state index in [0.29, 0.717) is 0 Å². The summed E-state index contributed by atoms with van der Waals surface area (Å²) < 4.78 is 1.88. The molecular formula is C11H15N5. The smallest absolute Gasteiger partial charge is 0.148 e. The standard InChI is InChI=1S/C11H15N5/c1-9-8-11(15-14-10(9)2)12-5-7-16-6-3-4-13-16/h3-4,6,8H,5,7H2,1-2H3,(H,12,15). The predicted molar refractivity (Wildman–Crippen MR) is 62.2 cm³/mol. The highest BCUT2D eigenvalue weighted by molar-refractivity contribution is 5.37. The number of nitrogens with zero attached hydrogens (tertiary/aromatic N) is 4. The minimum atomic E-state index is 0.791. The molecule has 2 heterocycles. The molecule has 0 fully saturated rings. The molecule has 0 spiro atoms. The Bertz CT molecular complexity index is 449. The summed E-state index contributed by atoms with van der Waals surface area (Å²) in [6.45, 7) is 5.60. The summed E-state index contributed by atoms with van der Waals surface area (Å²) in [5.41, 5.74) is 2.12. The molecule has 0 aromatic carbocycles. The first-order valence-corrected chi connectivity index (χ1v) is 5.28. The Morgan fingerprint density at radius 2 is 2.19 bits per heavy atom. The fraction of sp³-hybridized carbons (Fsp3) is 0.364. The Morgan fingerprint density at radius 1 is 1.31 bits per heavy atom. The minimum Gasteiger partial charge on any atom is -0.367 e. The zero-order valence-corrected chi connectivity index (χ0v) is 9.51. The van der Waals surface area contributed by atoms with Crippen molar-refractivity contribution in [2.24, 2.45) is 0 Å². The average molecular weight is 217 g/mol. The molecule has 2 rings (SSSR count). The van der Waals surface area contributed by atoms with Crippen molar-refractivity contribution in [1.82, 2.24) is 20.0 Å². The molecule has 1 N–H and O–H groups in total. The lowest BCUT2D eigenvalue weighted by Gasteiger charge is -2.06. The maximum Gasteiger partial charge on any atom is 0.148 e. The summed E-state index contributed by atoms with van der Waals surface area (Å²) in [6, 6.07) is 3.92. The summed E-state index contributed by atoms with van der Waals surface area (Å²) in [4.78, 5) is 0. The van der Waals surface area contributed by atoms with E-state index in [4.69, 9.17) is 0 Å². The van der Waals surface area contributed by atoms with Crippen LogP contribution >= 0.6 is 0 Å². The summed E-state index contributed by atoms with van der Waals surface area (Å²) in [7, 11) is 0. The molecule has 0 aliphatic rings. The van der Waals surface area contributed by atoms with Gasteiger partial charge < -0.3 is 5.32 Å². The van der Waals surface area contributed by atoms with Gasteiger partial charge in [0, 0.05) is 18.9 Å². The highest BCUT2D eigenvalue weighted by Gasteiger charge is 1.98. The topological polar surface area (TPSA) is 55.6 Å². The number of hydrogen-bond acceptors (Lipinski definition) is 4. The first kappa shape index (κ1) is 10.6. The molecule has 0 bridgehead atoms. The van der Waals surface area contributed by atoms with Gasteiger partial charge >= 0.3 is 0 Å². The van der Waals surface area contributed by atoms with Gasteiger partial charge in [-0.25, -0.2) is 0 Å². The number of rotatable bonds is 4. The van der Waals surface area contributed by atoms with Crippen molar-refractivity contribution in [3.05, 3.63) is 35.8 Å². The second-order valence-electron chi connectivity index (χ2n) is 3.69. The largest absolute Gasteiger partial charge is 0.367 e. The molecule has 0 amide bonds. The van der Waals surface area contributed by atoms with Crippen LogP contribution < -0.4 is 5.32 Å². The van der Waals surface area contributed by atoms with Crippen molar-refractivity contribution in [3.63, 3.8) is 0 Å². The van der Waals surface area contributed by atoms with Crippen LogP contribution in [-0.4, -0.2) is 26.5 Å². The maximum atomic E-state index is 4.12. The Hall–Kier alpha value is -1.91. The Labute approximate surface area is 94.5 Å². The molecule has 16 heavy (non-hydrogen) atoms. The number of hydrogen-bond donors (Lipinski definition) is 1. The van der Waals surface area contributed by atoms with Crippen molar-refractivity contribution in [1.29, 1.82) is 0 Å². The second-order valence-corrected chi connectivity index (χ2v) is 3.69. The third-order valence-corrected chi connectivity index (χ3v) is 2.44. The zero-order valence-electron chi connectivity index (χ0n) is 9.51. The monoisotopic (exact) mass is 217 g/mol. The normalized spacial score (nSPS) is 10.4. The quantitative estimate of drug-likeness (QED) is 0.841. The molecule has 0 saturated carbocycles. The lowest BCUT2D eigenvalue weighted by atomic mass is 10.2. The van der Waals surface area contributed by atoms with Crippen LogP contribution in [-0.2, 0) is 6.54 Å². The summed E-state index contributed by atoms with van der Waals surface area (Å²) >= 11 is 0. The van der Waals surface area contributed by atoms with Crippen molar-refractivity contribution in [2.75, 3.05) is 11.9 Å². The molecular weight excluding hydrogens is 202 g/mol. The predicted octanol–water partition coefficient (Wildman–Crippen LogP) is 1.40. The van der Waals surface area contributed by atoms with E-state index < -0.39 is 0 Å². The summed E-state index contributed by atoms with van der Waals surface area (Å²) in [6.07, 6.45) is 3.71. The van der Waals surface area contributed by atoms with Gasteiger partial charge in [0.25, 0.3) is 0 Å². The molecule has 2 aromatic heterocycles. The van der Waals surface area contributed by atoms with Crippen LogP contribution in [0.25, 0.3) is 0 Å². The third-order valence-electron chi connectivity index (χ3n) is 2.44. The minimum absolute atomic E-state index is 0.791. The van der Waals surface area contributed by atoms with Gasteiger partial charge in [-0.3, -0.25) is 4.68 Å². The number of nitrogens with one attached hydrogen (secondary N) is 1. The molecule has 2 aromatic rings. The summed E-state index contributed by atoms with van der Waals surface area (Å²) in [5.74, 6) is 0.815. The van der Waals surface area contributed by atoms with Crippen molar-refractivity contribution in [2.45, 2.75) is 20.4 Å². The number of aromatic nitrogens is 4. The van der Waals surface area contributed by atoms with E-state index in [2.05, 4.69) is 20.6 Å². The SMILES string of the molecule is Cc1cc(NCCn2cccn2)nnc1C. The second kappa shape index (κ2) is 4.74. The van der Waals surface area contributed by atoms with Gasteiger partial charge in [-0.05, 0) is 31.5 Å². The molecule has 5 heteroatoms. The van der Waals surface area contributed by atoms with E-state index in [0.717, 1.165) is 30.2 Å². The van der Waals surface area contributed by atoms with Gasteiger partial charge in [-0.2, -0.15) is 10.2 Å². The summed E-state index contributed by atoms with van der Waals surface area (Å²) in [5, 5.41) is 15.5. The molecule has 5 nitrogen and oxygen atoms in total. The maximum absolute atomic E-state index is 4.12. The highest BCUT2D eigenvalue weighted by atomic mass is 15.3. The van der Waals surface area contributed by atoms with E-state index in [1.165, 1.54) is 0 Å². The molecule has 84 valence electrons. The van der Waals surface area contributed by atoms with Crippen molar-refractivity contribution >= 4 is 5.82 Å². The molecule has 0 atom stereocenters. The van der Waals surface area contributed by atoms with Crippen molar-refractivity contribution in [3.8, 4) is 0 Å². The average Bonchev–Trinajstić information content (AvgIpc) is 2.76. The lowest BCUT2D eigenvalue weighted by Crippen LogP contribution is -2.12. The van der Waals surface area contributed by atoms with Crippen LogP contribution in [0, 0.1) is 13.8 Å². The third kappa shape index (κ3) is 2.56. The van der Waals surface area contributed by atoms with Gasteiger partial charge in [0.2, 0.25) is 0 Å². The van der Waals surface area contributed by atoms with Crippen LogP contribution in [0.1, 0.15) is 11.3 Å². The van der Waals surface area contributed by atoms with Crippen LogP contribution in [0.2, 0.25) is 0 Å². The fourth-order valence-corrected chi connectivity index (χ4v) is 1.36. The van der Waals surface area contributed by atoms with Gasteiger partial charge in [-0.1, -0.05) is 0 Å². The molecule has 0 radical (unpaired) electrons. The van der Waals surface area contributed by atoms with E-state index >= 15 is 0 Å². The van der Waals surface area contributed by atoms with Crippen LogP contribution in [0.15, 0.2) is 24.5 Å². The van der Waals surface area contributed by atoms with E-state index in [1.807, 2.05) is 36.9 Å². The van der Waals surface area contributed by atoms with Gasteiger partial charge in [0.05, 0.1) is 12.2 Å². The molecule has 0 unspecified atom stereocenters. The number of anilines is 1. The van der Waals surface area contributed by atoms with Crippen LogP contribution in [0.5, 0.6) is 0 Å². The first-order valence-electron chi connectivity index (χ1n) is 5.28. The number of aryl methyl sites for hydroxylation is 2. The van der Waals surface area contributed by atoms with Gasteiger partial charge in [-0.15, -0.1) is 5.10 Å². The highest BCUT2D eigenvalue weighted by Crippen LogP contribution is 2.07. The fourth-order valence-electron chi connectivity index (χ4n) is 1.36. The van der Waals surface area contributed by atoms with Gasteiger partial charge in [0.15, 0.2) is 0 Å². The van der Waals surface area contributed by atoms with Gasteiger partial charge in [0.1, 0.15) is 5.82 Å². The van der Waals surface area contributed by atoms with Crippen LogP contribution in [0.4, 0.5) is 5.82 Å². The Balaban J connectivity index is 1.87. The molecule has 0 aliphatic carbocycles. The van der Waals surface area contributed by atoms with E-state index in [-0.39, 0.29) is 0 Å². The van der Waals surface area contributed by atoms with E-state index in [1.54, 1.807) is 6.20 Å².